The van der Waals surface area contributed by atoms with Crippen LogP contribution in [0, 0.1) is 0 Å². The molecule has 0 radical (unpaired) electrons. The fourth-order valence-corrected chi connectivity index (χ4v) is 3.97. The lowest BCUT2D eigenvalue weighted by Gasteiger charge is -2.21. The van der Waals surface area contributed by atoms with Gasteiger partial charge in [-0.3, -0.25) is 14.2 Å². The number of nitrogens with zero attached hydrogens (tertiary/aromatic N) is 4. The third kappa shape index (κ3) is 5.95. The fraction of sp³-hybridized carbons (Fsp3) is 0.333. The van der Waals surface area contributed by atoms with Gasteiger partial charge in [0, 0.05) is 13.1 Å². The van der Waals surface area contributed by atoms with Crippen molar-refractivity contribution in [2.45, 2.75) is 31.7 Å². The maximum atomic E-state index is 13.1. The number of rotatable bonds is 9. The lowest BCUT2D eigenvalue weighted by molar-refractivity contribution is -0.137. The maximum absolute atomic E-state index is 13.1. The highest BCUT2D eigenvalue weighted by atomic mass is 32.2. The van der Waals surface area contributed by atoms with Crippen molar-refractivity contribution in [3.8, 4) is 11.6 Å². The molecule has 0 aliphatic carbocycles. The number of halogens is 3. The van der Waals surface area contributed by atoms with Crippen molar-refractivity contribution in [1.82, 2.24) is 19.7 Å². The highest BCUT2D eigenvalue weighted by molar-refractivity contribution is 7.99. The van der Waals surface area contributed by atoms with Crippen LogP contribution in [0.1, 0.15) is 19.4 Å². The average Bonchev–Trinajstić information content (AvgIpc) is 3.44. The minimum atomic E-state index is -4.61. The Morgan fingerprint density at radius 3 is 2.55 bits per heavy atom. The van der Waals surface area contributed by atoms with E-state index in [4.69, 9.17) is 4.42 Å². The van der Waals surface area contributed by atoms with E-state index in [9.17, 15) is 22.8 Å². The molecule has 2 amide bonds. The molecule has 0 saturated carbocycles. The van der Waals surface area contributed by atoms with Crippen molar-refractivity contribution >= 4 is 29.3 Å². The highest BCUT2D eigenvalue weighted by Gasteiger charge is 2.33. The van der Waals surface area contributed by atoms with Crippen molar-refractivity contribution < 1.29 is 27.2 Å². The number of hydrogen-bond donors (Lipinski definition) is 1. The van der Waals surface area contributed by atoms with Gasteiger partial charge in [0.15, 0.2) is 16.7 Å². The number of aromatic nitrogens is 3. The second-order valence-electron chi connectivity index (χ2n) is 6.82. The van der Waals surface area contributed by atoms with Crippen LogP contribution < -0.4 is 5.32 Å². The standard InChI is InChI=1S/C21H22F3N5O3S/c1-3-28(12-17(30)25-15-9-6-5-8-14(15)21(22,23)24)18(31)13-33-20-27-26-19(29(20)4-2)16-10-7-11-32-16/h5-11H,3-4,12-13H2,1-2H3,(H,25,30). The van der Waals surface area contributed by atoms with Crippen LogP contribution >= 0.6 is 11.8 Å². The van der Waals surface area contributed by atoms with Crippen LogP contribution in [0.15, 0.2) is 52.2 Å². The van der Waals surface area contributed by atoms with Gasteiger partial charge in [-0.2, -0.15) is 13.2 Å². The number of anilines is 1. The molecule has 0 aliphatic heterocycles. The Hall–Kier alpha value is -3.28. The number of likely N-dealkylation sites (N-methyl/N-ethyl adjacent to an activating group) is 1. The third-order valence-electron chi connectivity index (χ3n) is 4.67. The van der Waals surface area contributed by atoms with Gasteiger partial charge in [0.1, 0.15) is 0 Å². The van der Waals surface area contributed by atoms with E-state index in [-0.39, 0.29) is 30.4 Å². The van der Waals surface area contributed by atoms with Crippen LogP contribution in [0.4, 0.5) is 18.9 Å². The highest BCUT2D eigenvalue weighted by Crippen LogP contribution is 2.34. The Morgan fingerprint density at radius 1 is 1.15 bits per heavy atom. The molecule has 0 bridgehead atoms. The first-order chi connectivity index (χ1) is 15.7. The summed E-state index contributed by atoms with van der Waals surface area (Å²) in [5, 5.41) is 11.0. The number of thioether (sulfide) groups is 1. The van der Waals surface area contributed by atoms with E-state index in [1.807, 2.05) is 6.92 Å². The Kier molecular flexibility index (Phi) is 7.79. The monoisotopic (exact) mass is 481 g/mol. The summed E-state index contributed by atoms with van der Waals surface area (Å²) < 4.78 is 46.6. The van der Waals surface area contributed by atoms with E-state index in [0.717, 1.165) is 17.8 Å². The van der Waals surface area contributed by atoms with E-state index < -0.39 is 17.6 Å². The molecule has 12 heteroatoms. The minimum Gasteiger partial charge on any atom is -0.461 e. The van der Waals surface area contributed by atoms with E-state index in [1.165, 1.54) is 29.4 Å². The van der Waals surface area contributed by atoms with Crippen molar-refractivity contribution in [3.05, 3.63) is 48.2 Å². The number of furan rings is 1. The normalized spacial score (nSPS) is 11.4. The van der Waals surface area contributed by atoms with Gasteiger partial charge in [0.2, 0.25) is 11.8 Å². The number of hydrogen-bond acceptors (Lipinski definition) is 6. The first-order valence-corrected chi connectivity index (χ1v) is 11.1. The molecule has 2 aromatic heterocycles. The zero-order chi connectivity index (χ0) is 24.0. The quantitative estimate of drug-likeness (QED) is 0.462. The van der Waals surface area contributed by atoms with Gasteiger partial charge in [-0.15, -0.1) is 10.2 Å². The van der Waals surface area contributed by atoms with Gasteiger partial charge in [-0.25, -0.2) is 0 Å². The van der Waals surface area contributed by atoms with Gasteiger partial charge in [-0.1, -0.05) is 23.9 Å². The minimum absolute atomic E-state index is 0.0173. The Labute approximate surface area is 192 Å². The fourth-order valence-electron chi connectivity index (χ4n) is 3.06. The number of benzene rings is 1. The number of carbonyl (C=O) groups is 2. The largest absolute Gasteiger partial charge is 0.461 e. The summed E-state index contributed by atoms with van der Waals surface area (Å²) in [5.74, 6) is -0.00647. The summed E-state index contributed by atoms with van der Waals surface area (Å²) >= 11 is 1.15. The molecular weight excluding hydrogens is 459 g/mol. The van der Waals surface area contributed by atoms with Crippen LogP contribution in [0.25, 0.3) is 11.6 Å². The molecule has 1 aromatic carbocycles. The molecule has 33 heavy (non-hydrogen) atoms. The Balaban J connectivity index is 1.62. The molecule has 0 unspecified atom stereocenters. The number of carbonyl (C=O) groups excluding carboxylic acids is 2. The molecular formula is C21H22F3N5O3S. The molecule has 8 nitrogen and oxygen atoms in total. The molecule has 0 fully saturated rings. The van der Waals surface area contributed by atoms with Crippen LogP contribution in [-0.4, -0.2) is 50.3 Å². The number of nitrogens with one attached hydrogen (secondary N) is 1. The molecule has 0 saturated heterocycles. The van der Waals surface area contributed by atoms with Crippen LogP contribution in [0.2, 0.25) is 0 Å². The van der Waals surface area contributed by atoms with Gasteiger partial charge >= 0.3 is 6.18 Å². The van der Waals surface area contributed by atoms with Crippen molar-refractivity contribution in [3.63, 3.8) is 0 Å². The summed E-state index contributed by atoms with van der Waals surface area (Å²) in [6, 6.07) is 8.18. The zero-order valence-corrected chi connectivity index (χ0v) is 18.7. The molecule has 1 N–H and O–H groups in total. The lowest BCUT2D eigenvalue weighted by atomic mass is 10.1. The zero-order valence-electron chi connectivity index (χ0n) is 17.9. The van der Waals surface area contributed by atoms with E-state index in [2.05, 4.69) is 15.5 Å². The SMILES string of the molecule is CCN(CC(=O)Nc1ccccc1C(F)(F)F)C(=O)CSc1nnc(-c2ccco2)n1CC. The summed E-state index contributed by atoms with van der Waals surface area (Å²) in [6.07, 6.45) is -3.08. The van der Waals surface area contributed by atoms with E-state index in [0.29, 0.717) is 23.3 Å². The van der Waals surface area contributed by atoms with E-state index >= 15 is 0 Å². The second-order valence-corrected chi connectivity index (χ2v) is 7.76. The number of amides is 2. The predicted molar refractivity (Wildman–Crippen MR) is 116 cm³/mol. The summed E-state index contributed by atoms with van der Waals surface area (Å²) in [7, 11) is 0. The molecule has 0 aliphatic rings. The van der Waals surface area contributed by atoms with Gasteiger partial charge in [0.05, 0.1) is 29.8 Å². The first-order valence-electron chi connectivity index (χ1n) is 10.1. The van der Waals surface area contributed by atoms with Crippen molar-refractivity contribution in [2.75, 3.05) is 24.2 Å². The molecule has 3 aromatic rings. The van der Waals surface area contributed by atoms with E-state index in [1.54, 1.807) is 23.6 Å². The molecule has 3 rings (SSSR count). The molecule has 2 heterocycles. The topological polar surface area (TPSA) is 93.3 Å². The molecule has 176 valence electrons. The Morgan fingerprint density at radius 2 is 1.91 bits per heavy atom. The lowest BCUT2D eigenvalue weighted by Crippen LogP contribution is -2.39. The summed E-state index contributed by atoms with van der Waals surface area (Å²) in [4.78, 5) is 26.3. The van der Waals surface area contributed by atoms with Crippen molar-refractivity contribution in [1.29, 1.82) is 0 Å². The van der Waals surface area contributed by atoms with Gasteiger partial charge in [-0.05, 0) is 38.1 Å². The van der Waals surface area contributed by atoms with Crippen LogP contribution in [-0.2, 0) is 22.3 Å². The third-order valence-corrected chi connectivity index (χ3v) is 5.63. The predicted octanol–water partition coefficient (Wildman–Crippen LogP) is 4.16. The van der Waals surface area contributed by atoms with Crippen molar-refractivity contribution in [2.24, 2.45) is 0 Å². The smallest absolute Gasteiger partial charge is 0.418 e. The first kappa shape index (κ1) is 24.4. The summed E-state index contributed by atoms with van der Waals surface area (Å²) in [6.45, 7) is 3.98. The Bertz CT molecular complexity index is 1100. The second kappa shape index (κ2) is 10.6. The number of alkyl halides is 3. The van der Waals surface area contributed by atoms with Gasteiger partial charge < -0.3 is 14.6 Å². The molecule has 0 spiro atoms. The number of para-hydroxylation sites is 1. The van der Waals surface area contributed by atoms with Crippen LogP contribution in [0.3, 0.4) is 0 Å². The average molecular weight is 482 g/mol. The van der Waals surface area contributed by atoms with Gasteiger partial charge in [0.25, 0.3) is 0 Å². The molecule has 0 atom stereocenters. The maximum Gasteiger partial charge on any atom is 0.418 e. The summed E-state index contributed by atoms with van der Waals surface area (Å²) in [5.41, 5.74) is -1.30. The van der Waals surface area contributed by atoms with Crippen LogP contribution in [0.5, 0.6) is 0 Å².